The van der Waals surface area contributed by atoms with E-state index < -0.39 is 0 Å². The lowest BCUT2D eigenvalue weighted by atomic mass is 9.92. The van der Waals surface area contributed by atoms with Crippen molar-refractivity contribution in [3.63, 3.8) is 0 Å². The van der Waals surface area contributed by atoms with Crippen LogP contribution in [0.1, 0.15) is 11.1 Å². The van der Waals surface area contributed by atoms with Gasteiger partial charge in [-0.25, -0.2) is 9.98 Å². The summed E-state index contributed by atoms with van der Waals surface area (Å²) in [6, 6.07) is 51.2. The number of aromatic nitrogens is 2. The van der Waals surface area contributed by atoms with E-state index in [-0.39, 0.29) is 12.1 Å². The van der Waals surface area contributed by atoms with E-state index in [1.807, 2.05) is 36.7 Å². The highest BCUT2D eigenvalue weighted by atomic mass is 16.3. The van der Waals surface area contributed by atoms with Crippen molar-refractivity contribution in [2.45, 2.75) is 6.17 Å². The van der Waals surface area contributed by atoms with Crippen LogP contribution in [0.25, 0.3) is 71.7 Å². The third-order valence-corrected chi connectivity index (χ3v) is 10.9. The van der Waals surface area contributed by atoms with Crippen molar-refractivity contribution in [3.05, 3.63) is 181 Å². The van der Waals surface area contributed by atoms with Crippen LogP contribution in [0.5, 0.6) is 0 Å². The van der Waals surface area contributed by atoms with Gasteiger partial charge in [-0.15, -0.1) is 0 Å². The topological polar surface area (TPSA) is 80.1 Å². The Labute approximate surface area is 322 Å². The van der Waals surface area contributed by atoms with Crippen LogP contribution in [0.2, 0.25) is 0 Å². The molecular weight excluding hydrogens is 689 g/mol. The third kappa shape index (κ3) is 5.28. The number of amidine groups is 2. The summed E-state index contributed by atoms with van der Waals surface area (Å²) in [5.74, 6) is 1.45. The lowest BCUT2D eigenvalue weighted by molar-refractivity contribution is 0.481. The molecule has 5 heterocycles. The van der Waals surface area contributed by atoms with E-state index >= 15 is 0 Å². The molecular formula is C49H34N6O. The number of aliphatic imine (C=N–C) groups is 3. The van der Waals surface area contributed by atoms with E-state index in [0.29, 0.717) is 12.4 Å². The van der Waals surface area contributed by atoms with Gasteiger partial charge in [0.05, 0.1) is 22.1 Å². The largest absolute Gasteiger partial charge is 0.455 e. The predicted octanol–water partition coefficient (Wildman–Crippen LogP) is 10.8. The van der Waals surface area contributed by atoms with Gasteiger partial charge >= 0.3 is 0 Å². The highest BCUT2D eigenvalue weighted by molar-refractivity contribution is 6.24. The van der Waals surface area contributed by atoms with Gasteiger partial charge in [0.2, 0.25) is 0 Å². The second-order valence-corrected chi connectivity index (χ2v) is 14.2. The summed E-state index contributed by atoms with van der Waals surface area (Å²) in [5.41, 5.74) is 11.2. The number of dihydropyridines is 1. The number of nitrogens with one attached hydrogen (secondary N) is 1. The smallest absolute Gasteiger partial charge is 0.160 e. The van der Waals surface area contributed by atoms with Crippen LogP contribution in [0.3, 0.4) is 0 Å². The van der Waals surface area contributed by atoms with E-state index in [2.05, 4.69) is 153 Å². The Balaban J connectivity index is 1.22. The molecule has 2 unspecified atom stereocenters. The summed E-state index contributed by atoms with van der Waals surface area (Å²) < 4.78 is 9.12. The van der Waals surface area contributed by atoms with Crippen LogP contribution in [0.15, 0.2) is 190 Å². The van der Waals surface area contributed by atoms with Gasteiger partial charge in [-0.2, -0.15) is 0 Å². The molecule has 0 spiro atoms. The molecule has 0 aliphatic carbocycles. The highest BCUT2D eigenvalue weighted by Crippen LogP contribution is 2.45. The van der Waals surface area contributed by atoms with E-state index in [0.717, 1.165) is 88.6 Å². The molecule has 56 heavy (non-hydrogen) atoms. The molecule has 7 nitrogen and oxygen atoms in total. The molecule has 1 N–H and O–H groups in total. The molecule has 2 aliphatic heterocycles. The molecule has 3 aromatic heterocycles. The predicted molar refractivity (Wildman–Crippen MR) is 229 cm³/mol. The number of hydrogen-bond donors (Lipinski definition) is 1. The number of allylic oxidation sites excluding steroid dienone is 1. The molecule has 266 valence electrons. The molecule has 0 saturated heterocycles. The second kappa shape index (κ2) is 13.2. The van der Waals surface area contributed by atoms with Crippen molar-refractivity contribution in [2.75, 3.05) is 6.54 Å². The van der Waals surface area contributed by atoms with E-state index in [1.54, 1.807) is 6.20 Å². The number of pyridine rings is 1. The number of benzene rings is 6. The standard InChI is InChI=1S/C49H34N6O/c1-3-13-31(14-4-1)39-27-35(49-53-47(33-17-11-25-50-29-33)52-48(54-49)34-18-12-26-51-30-34)28-40(32-15-5-2-6-16-32)45(39)55-41-21-9-7-20-38(41)44-42(55)24-23-37-36-19-8-10-22-43(36)56-46(37)44/h1-29,34,48H,30H2,(H,52,53,54). The SMILES string of the molecule is C1=CC(C2N=C(c3cccnc3)N=C(c3cc(-c4ccccc4)c(-n4c5ccccc5c5c6oc7ccccc7c6ccc54)c(-c4ccccc4)c3)N2)CN=C1. The Morgan fingerprint density at radius 3 is 2.09 bits per heavy atom. The summed E-state index contributed by atoms with van der Waals surface area (Å²) in [6.07, 6.45) is 9.36. The summed E-state index contributed by atoms with van der Waals surface area (Å²) in [4.78, 5) is 19.3. The number of rotatable bonds is 6. The Kier molecular flexibility index (Phi) is 7.55. The molecule has 2 aliphatic rings. The summed E-state index contributed by atoms with van der Waals surface area (Å²) in [7, 11) is 0. The first-order valence-electron chi connectivity index (χ1n) is 18.9. The van der Waals surface area contributed by atoms with Crippen molar-refractivity contribution < 1.29 is 4.42 Å². The molecule has 11 rings (SSSR count). The molecule has 2 atom stereocenters. The Bertz CT molecular complexity index is 3020. The number of furan rings is 1. The highest BCUT2D eigenvalue weighted by Gasteiger charge is 2.29. The Morgan fingerprint density at radius 1 is 0.643 bits per heavy atom. The van der Waals surface area contributed by atoms with Gasteiger partial charge in [-0.05, 0) is 65.7 Å². The van der Waals surface area contributed by atoms with E-state index in [9.17, 15) is 0 Å². The van der Waals surface area contributed by atoms with E-state index in [4.69, 9.17) is 14.4 Å². The molecule has 0 amide bonds. The fourth-order valence-electron chi connectivity index (χ4n) is 8.32. The zero-order valence-corrected chi connectivity index (χ0v) is 30.2. The maximum Gasteiger partial charge on any atom is 0.160 e. The maximum atomic E-state index is 6.69. The maximum absolute atomic E-state index is 6.69. The molecule has 6 aromatic carbocycles. The monoisotopic (exact) mass is 722 g/mol. The minimum absolute atomic E-state index is 0.0614. The molecule has 0 saturated carbocycles. The van der Waals surface area contributed by atoms with Gasteiger partial charge in [-0.1, -0.05) is 103 Å². The van der Waals surface area contributed by atoms with Crippen molar-refractivity contribution in [3.8, 4) is 27.9 Å². The number of para-hydroxylation sites is 2. The van der Waals surface area contributed by atoms with Crippen LogP contribution in [0.4, 0.5) is 0 Å². The van der Waals surface area contributed by atoms with Crippen molar-refractivity contribution in [2.24, 2.45) is 20.9 Å². The molecule has 9 aromatic rings. The van der Waals surface area contributed by atoms with Crippen LogP contribution in [-0.2, 0) is 0 Å². The first-order chi connectivity index (χ1) is 27.8. The summed E-state index contributed by atoms with van der Waals surface area (Å²) >= 11 is 0. The molecule has 7 heteroatoms. The average molecular weight is 723 g/mol. The normalized spacial score (nSPS) is 16.7. The molecule has 0 fully saturated rings. The number of nitrogens with zero attached hydrogens (tertiary/aromatic N) is 5. The Morgan fingerprint density at radius 2 is 1.36 bits per heavy atom. The van der Waals surface area contributed by atoms with Gasteiger partial charge in [0.15, 0.2) is 5.84 Å². The summed E-state index contributed by atoms with van der Waals surface area (Å²) in [6.45, 7) is 0.640. The van der Waals surface area contributed by atoms with Crippen molar-refractivity contribution >= 4 is 61.6 Å². The lowest BCUT2D eigenvalue weighted by Crippen LogP contribution is -2.44. The fraction of sp³-hybridized carbons (Fsp3) is 0.0612. The van der Waals surface area contributed by atoms with Crippen LogP contribution >= 0.6 is 0 Å². The van der Waals surface area contributed by atoms with Gasteiger partial charge in [0.1, 0.15) is 23.2 Å². The number of fused-ring (bicyclic) bond motifs is 7. The second-order valence-electron chi connectivity index (χ2n) is 14.2. The third-order valence-electron chi connectivity index (χ3n) is 10.9. The minimum Gasteiger partial charge on any atom is -0.455 e. The first kappa shape index (κ1) is 32.1. The quantitative estimate of drug-likeness (QED) is 0.186. The average Bonchev–Trinajstić information content (AvgIpc) is 3.83. The first-order valence-corrected chi connectivity index (χ1v) is 18.9. The fourth-order valence-corrected chi connectivity index (χ4v) is 8.32. The van der Waals surface area contributed by atoms with Crippen molar-refractivity contribution in [1.82, 2.24) is 14.9 Å². The van der Waals surface area contributed by atoms with Gasteiger partial charge < -0.3 is 14.3 Å². The van der Waals surface area contributed by atoms with Crippen LogP contribution in [0, 0.1) is 5.92 Å². The molecule has 0 bridgehead atoms. The van der Waals surface area contributed by atoms with E-state index in [1.165, 1.54) is 0 Å². The van der Waals surface area contributed by atoms with Gasteiger partial charge in [-0.3, -0.25) is 9.98 Å². The van der Waals surface area contributed by atoms with Crippen molar-refractivity contribution in [1.29, 1.82) is 0 Å². The van der Waals surface area contributed by atoms with Gasteiger partial charge in [0, 0.05) is 69.5 Å². The zero-order valence-electron chi connectivity index (χ0n) is 30.2. The van der Waals surface area contributed by atoms with Crippen LogP contribution in [-0.4, -0.2) is 40.1 Å². The molecule has 0 radical (unpaired) electrons. The Hall–Kier alpha value is -7.38. The minimum atomic E-state index is -0.269. The number of hydrogen-bond acceptors (Lipinski definition) is 6. The zero-order chi connectivity index (χ0) is 37.0. The lowest BCUT2D eigenvalue weighted by Gasteiger charge is -2.29. The van der Waals surface area contributed by atoms with Gasteiger partial charge in [0.25, 0.3) is 0 Å². The van der Waals surface area contributed by atoms with Crippen LogP contribution < -0.4 is 5.32 Å². The summed E-state index contributed by atoms with van der Waals surface area (Å²) in [5, 5.41) is 8.20.